The third-order valence-electron chi connectivity index (χ3n) is 5.71. The molecule has 4 heteroatoms. The van der Waals surface area contributed by atoms with Gasteiger partial charge in [-0.25, -0.2) is 0 Å². The average molecular weight is 379 g/mol. The predicted molar refractivity (Wildman–Crippen MR) is 121 cm³/mol. The van der Waals surface area contributed by atoms with Crippen LogP contribution in [0.4, 0.5) is 5.69 Å². The molecule has 2 N–H and O–H groups in total. The van der Waals surface area contributed by atoms with E-state index >= 15 is 0 Å². The van der Waals surface area contributed by atoms with E-state index in [2.05, 4.69) is 64.7 Å². The molecule has 0 aliphatic carbocycles. The van der Waals surface area contributed by atoms with Crippen molar-refractivity contribution in [3.8, 4) is 0 Å². The third-order valence-corrected chi connectivity index (χ3v) is 9.55. The zero-order valence-corrected chi connectivity index (χ0v) is 17.2. The molecule has 2 fully saturated rings. The van der Waals surface area contributed by atoms with Gasteiger partial charge in [0.2, 0.25) is 0 Å². The molecule has 2 aromatic rings. The van der Waals surface area contributed by atoms with E-state index in [1.807, 2.05) is 6.92 Å². The van der Waals surface area contributed by atoms with Gasteiger partial charge in [-0.15, -0.1) is 0 Å². The topological polar surface area (TPSA) is 32.0 Å². The molecule has 0 atom stereocenters. The highest BCUT2D eigenvalue weighted by Gasteiger charge is 2.40. The van der Waals surface area contributed by atoms with Crippen LogP contribution in [0.1, 0.15) is 29.2 Å². The van der Waals surface area contributed by atoms with E-state index in [4.69, 9.17) is 5.73 Å². The van der Waals surface area contributed by atoms with Crippen molar-refractivity contribution in [1.82, 2.24) is 9.34 Å². The SMILES string of the molecule is C=C(C)c1ccc(Cc2cc(CCP(=C)(N3CC3)N3CC3)ccc2N)cc1. The second-order valence-corrected chi connectivity index (χ2v) is 11.3. The number of nitrogens with zero attached hydrogens (tertiary/aromatic N) is 2. The van der Waals surface area contributed by atoms with E-state index in [1.54, 1.807) is 0 Å². The van der Waals surface area contributed by atoms with Gasteiger partial charge in [0.05, 0.1) is 0 Å². The van der Waals surface area contributed by atoms with Gasteiger partial charge < -0.3 is 5.73 Å². The molecule has 2 aromatic carbocycles. The summed E-state index contributed by atoms with van der Waals surface area (Å²) in [5, 5.41) is 0. The van der Waals surface area contributed by atoms with E-state index in [-0.39, 0.29) is 0 Å². The summed E-state index contributed by atoms with van der Waals surface area (Å²) in [6.07, 6.45) is 7.82. The lowest BCUT2D eigenvalue weighted by atomic mass is 9.98. The normalized spacial score (nSPS) is 17.1. The Bertz CT molecular complexity index is 876. The first-order valence-electron chi connectivity index (χ1n) is 9.81. The minimum absolute atomic E-state index is 0.874. The van der Waals surface area contributed by atoms with Gasteiger partial charge in [-0.05, 0) is 54.2 Å². The summed E-state index contributed by atoms with van der Waals surface area (Å²) in [6, 6.07) is 15.2. The molecule has 2 heterocycles. The van der Waals surface area contributed by atoms with E-state index in [1.165, 1.54) is 54.6 Å². The third kappa shape index (κ3) is 4.21. The maximum atomic E-state index is 6.28. The van der Waals surface area contributed by atoms with Crippen molar-refractivity contribution in [2.45, 2.75) is 19.8 Å². The molecule has 3 nitrogen and oxygen atoms in total. The molecule has 0 amide bonds. The summed E-state index contributed by atoms with van der Waals surface area (Å²) in [7, 11) is -1.29. The predicted octanol–water partition coefficient (Wildman–Crippen LogP) is 4.35. The maximum Gasteiger partial charge on any atom is 0.0350 e. The van der Waals surface area contributed by atoms with Gasteiger partial charge in [0.15, 0.2) is 0 Å². The number of allylic oxidation sites excluding steroid dienone is 1. The Kier molecular flexibility index (Phi) is 5.03. The van der Waals surface area contributed by atoms with Crippen molar-refractivity contribution in [3.63, 3.8) is 0 Å². The molecule has 0 radical (unpaired) electrons. The van der Waals surface area contributed by atoms with Gasteiger partial charge in [0.25, 0.3) is 0 Å². The summed E-state index contributed by atoms with van der Waals surface area (Å²) in [5.74, 6) is 0. The molecule has 0 aromatic heterocycles. The highest BCUT2D eigenvalue weighted by Crippen LogP contribution is 2.59. The zero-order chi connectivity index (χ0) is 19.0. The standard InChI is InChI=1S/C23H30N3P/c1-18(2)21-7-4-19(5-8-21)16-22-17-20(6-9-23(22)24)10-15-27(3,25-11-12-25)26-13-14-26/h4-9,17H,1,3,10-16,24H2,2H3. The molecule has 142 valence electrons. The van der Waals surface area contributed by atoms with Gasteiger partial charge in [0.1, 0.15) is 0 Å². The first-order chi connectivity index (χ1) is 13.0. The second-order valence-electron chi connectivity index (χ2n) is 7.95. The monoisotopic (exact) mass is 379 g/mol. The molecular weight excluding hydrogens is 349 g/mol. The van der Waals surface area contributed by atoms with Crippen LogP contribution >= 0.6 is 7.19 Å². The smallest absolute Gasteiger partial charge is 0.0350 e. The van der Waals surface area contributed by atoms with Crippen molar-refractivity contribution in [3.05, 3.63) is 71.3 Å². The highest BCUT2D eigenvalue weighted by molar-refractivity contribution is 7.69. The van der Waals surface area contributed by atoms with E-state index < -0.39 is 7.19 Å². The summed E-state index contributed by atoms with van der Waals surface area (Å²) in [6.45, 7) is 11.0. The van der Waals surface area contributed by atoms with Crippen molar-refractivity contribution in [1.29, 1.82) is 0 Å². The maximum absolute atomic E-state index is 6.28. The van der Waals surface area contributed by atoms with Gasteiger partial charge in [0, 0.05) is 39.1 Å². The molecule has 0 bridgehead atoms. The summed E-state index contributed by atoms with van der Waals surface area (Å²) in [4.78, 5) is 0. The van der Waals surface area contributed by atoms with E-state index in [9.17, 15) is 0 Å². The molecule has 4 rings (SSSR count). The Labute approximate surface area is 163 Å². The molecule has 2 aliphatic rings. The number of nitrogen functional groups attached to an aromatic ring is 1. The summed E-state index contributed by atoms with van der Waals surface area (Å²) in [5.41, 5.74) is 13.4. The van der Waals surface area contributed by atoms with Gasteiger partial charge in [-0.1, -0.05) is 54.8 Å². The summed E-state index contributed by atoms with van der Waals surface area (Å²) >= 11 is 0. The second kappa shape index (κ2) is 7.31. The van der Waals surface area contributed by atoms with Crippen LogP contribution < -0.4 is 5.73 Å². The Balaban J connectivity index is 1.46. The quantitative estimate of drug-likeness (QED) is 0.420. The van der Waals surface area contributed by atoms with Gasteiger partial charge in [-0.2, -0.15) is 0 Å². The Morgan fingerprint density at radius 1 is 1.00 bits per heavy atom. The minimum Gasteiger partial charge on any atom is -0.398 e. The van der Waals surface area contributed by atoms with Crippen LogP contribution in [-0.4, -0.2) is 48.0 Å². The number of hydrogen-bond donors (Lipinski definition) is 1. The van der Waals surface area contributed by atoms with Crippen LogP contribution in [-0.2, 0) is 12.8 Å². The number of anilines is 1. The Morgan fingerprint density at radius 3 is 2.15 bits per heavy atom. The molecule has 0 spiro atoms. The fraction of sp³-hybridized carbons (Fsp3) is 0.348. The fourth-order valence-corrected chi connectivity index (χ4v) is 6.91. The van der Waals surface area contributed by atoms with Crippen molar-refractivity contribution in [2.24, 2.45) is 0 Å². The molecule has 27 heavy (non-hydrogen) atoms. The van der Waals surface area contributed by atoms with Crippen LogP contribution in [0.25, 0.3) is 5.57 Å². The number of benzene rings is 2. The Hall–Kier alpha value is -1.80. The molecule has 2 aliphatic heterocycles. The van der Waals surface area contributed by atoms with Crippen LogP contribution in [0, 0.1) is 0 Å². The van der Waals surface area contributed by atoms with Crippen LogP contribution in [0.2, 0.25) is 0 Å². The van der Waals surface area contributed by atoms with Crippen molar-refractivity contribution < 1.29 is 0 Å². The first kappa shape index (κ1) is 18.6. The van der Waals surface area contributed by atoms with Crippen LogP contribution in [0.3, 0.4) is 0 Å². The van der Waals surface area contributed by atoms with Crippen molar-refractivity contribution >= 4 is 24.7 Å². The minimum atomic E-state index is -1.29. The lowest BCUT2D eigenvalue weighted by molar-refractivity contribution is 0.780. The molecule has 0 unspecified atom stereocenters. The van der Waals surface area contributed by atoms with Gasteiger partial charge in [-0.3, -0.25) is 9.34 Å². The van der Waals surface area contributed by atoms with Crippen LogP contribution in [0.5, 0.6) is 0 Å². The first-order valence-corrected chi connectivity index (χ1v) is 11.9. The Morgan fingerprint density at radius 2 is 1.59 bits per heavy atom. The fourth-order valence-electron chi connectivity index (χ4n) is 3.70. The van der Waals surface area contributed by atoms with Crippen LogP contribution in [0.15, 0.2) is 49.0 Å². The summed E-state index contributed by atoms with van der Waals surface area (Å²) < 4.78 is 5.20. The van der Waals surface area contributed by atoms with E-state index in [0.717, 1.165) is 24.1 Å². The van der Waals surface area contributed by atoms with E-state index in [0.29, 0.717) is 0 Å². The molecule has 2 saturated heterocycles. The van der Waals surface area contributed by atoms with Gasteiger partial charge >= 0.3 is 0 Å². The van der Waals surface area contributed by atoms with Crippen molar-refractivity contribution in [2.75, 3.05) is 38.1 Å². The average Bonchev–Trinajstić information content (AvgIpc) is 3.55. The lowest BCUT2D eigenvalue weighted by Gasteiger charge is -2.27. The zero-order valence-electron chi connectivity index (χ0n) is 16.3. The molecule has 0 saturated carbocycles. The largest absolute Gasteiger partial charge is 0.398 e. The lowest BCUT2D eigenvalue weighted by Crippen LogP contribution is -2.10. The number of aryl methyl sites for hydroxylation is 1. The highest BCUT2D eigenvalue weighted by atomic mass is 31.2. The number of hydrogen-bond acceptors (Lipinski definition) is 3. The number of rotatable bonds is 8. The molecular formula is C23H30N3P. The number of nitrogens with two attached hydrogens (primary N) is 1.